The molecular formula is C24H25NO4. The molecule has 0 atom stereocenters. The smallest absolute Gasteiger partial charge is 0.309 e. The van der Waals surface area contributed by atoms with E-state index in [-0.39, 0.29) is 11.7 Å². The van der Waals surface area contributed by atoms with Crippen LogP contribution in [0.1, 0.15) is 42.7 Å². The topological polar surface area (TPSA) is 73.9 Å². The first-order chi connectivity index (χ1) is 14.1. The minimum Gasteiger partial charge on any atom is -0.507 e. The van der Waals surface area contributed by atoms with E-state index in [0.717, 1.165) is 16.5 Å². The molecule has 29 heavy (non-hydrogen) atoms. The lowest BCUT2D eigenvalue weighted by atomic mass is 9.96. The average molecular weight is 391 g/mol. The molecule has 0 radical (unpaired) electrons. The Morgan fingerprint density at radius 1 is 1.07 bits per heavy atom. The molecule has 0 unspecified atom stereocenters. The molecule has 2 fully saturated rings. The molecule has 0 spiro atoms. The van der Waals surface area contributed by atoms with Crippen molar-refractivity contribution in [2.75, 3.05) is 13.1 Å². The molecular weight excluding hydrogens is 366 g/mol. The second-order valence-corrected chi connectivity index (χ2v) is 8.47. The lowest BCUT2D eigenvalue weighted by Crippen LogP contribution is -2.49. The third-order valence-electron chi connectivity index (χ3n) is 6.41. The Hall–Kier alpha value is -2.79. The number of benzene rings is 2. The maximum atomic E-state index is 10.9. The van der Waals surface area contributed by atoms with Gasteiger partial charge in [-0.15, -0.1) is 0 Å². The highest BCUT2D eigenvalue weighted by Crippen LogP contribution is 2.38. The van der Waals surface area contributed by atoms with Gasteiger partial charge in [-0.2, -0.15) is 0 Å². The second kappa shape index (κ2) is 7.23. The van der Waals surface area contributed by atoms with Crippen molar-refractivity contribution in [2.45, 2.75) is 38.1 Å². The van der Waals surface area contributed by atoms with Crippen molar-refractivity contribution in [3.63, 3.8) is 0 Å². The van der Waals surface area contributed by atoms with Crippen LogP contribution in [0.2, 0.25) is 0 Å². The van der Waals surface area contributed by atoms with Crippen LogP contribution in [0, 0.1) is 5.92 Å². The molecule has 1 aliphatic heterocycles. The lowest BCUT2D eigenvalue weighted by molar-refractivity contribution is -0.147. The van der Waals surface area contributed by atoms with Gasteiger partial charge in [0.25, 0.3) is 0 Å². The Balaban J connectivity index is 1.35. The van der Waals surface area contributed by atoms with Gasteiger partial charge < -0.3 is 14.6 Å². The van der Waals surface area contributed by atoms with E-state index in [4.69, 9.17) is 9.52 Å². The number of phenolic OH excluding ortho intramolecular Hbond substituents is 1. The van der Waals surface area contributed by atoms with E-state index >= 15 is 0 Å². The van der Waals surface area contributed by atoms with E-state index in [0.29, 0.717) is 36.9 Å². The number of fused-ring (bicyclic) bond motifs is 1. The molecule has 0 bridgehead atoms. The van der Waals surface area contributed by atoms with Crippen molar-refractivity contribution < 1.29 is 19.4 Å². The van der Waals surface area contributed by atoms with Gasteiger partial charge in [0, 0.05) is 25.0 Å². The molecule has 0 amide bonds. The highest BCUT2D eigenvalue weighted by Gasteiger charge is 2.32. The van der Waals surface area contributed by atoms with Crippen LogP contribution in [0.5, 0.6) is 5.75 Å². The summed E-state index contributed by atoms with van der Waals surface area (Å²) < 4.78 is 6.01. The number of carboxylic acid groups (broad SMARTS) is 1. The molecule has 1 saturated heterocycles. The van der Waals surface area contributed by atoms with E-state index in [2.05, 4.69) is 17.0 Å². The number of hydrogen-bond acceptors (Lipinski definition) is 4. The summed E-state index contributed by atoms with van der Waals surface area (Å²) in [5.41, 5.74) is 3.87. The summed E-state index contributed by atoms with van der Waals surface area (Å²) in [6.45, 7) is 1.76. The zero-order valence-electron chi connectivity index (χ0n) is 16.3. The van der Waals surface area contributed by atoms with Crippen LogP contribution in [0.15, 0.2) is 46.9 Å². The Morgan fingerprint density at radius 2 is 1.86 bits per heavy atom. The maximum absolute atomic E-state index is 10.9. The van der Waals surface area contributed by atoms with Crippen molar-refractivity contribution in [1.82, 2.24) is 4.90 Å². The SMILES string of the molecule is O=C(O)C1CN(Cc2ccc(-c3cc4cc(C5CCCC5)ccc4o3)c(O)c2)C1. The molecule has 5 rings (SSSR count). The molecule has 1 aliphatic carbocycles. The minimum absolute atomic E-state index is 0.188. The van der Waals surface area contributed by atoms with Gasteiger partial charge in [0.1, 0.15) is 17.1 Å². The number of hydrogen-bond donors (Lipinski definition) is 2. The van der Waals surface area contributed by atoms with Crippen molar-refractivity contribution in [2.24, 2.45) is 5.92 Å². The third-order valence-corrected chi connectivity index (χ3v) is 6.41. The van der Waals surface area contributed by atoms with Crippen LogP contribution >= 0.6 is 0 Å². The lowest BCUT2D eigenvalue weighted by Gasteiger charge is -2.36. The highest BCUT2D eigenvalue weighted by molar-refractivity contribution is 5.84. The van der Waals surface area contributed by atoms with Gasteiger partial charge in [-0.05, 0) is 60.2 Å². The molecule has 1 aromatic heterocycles. The number of phenols is 1. The molecule has 2 N–H and O–H groups in total. The van der Waals surface area contributed by atoms with Gasteiger partial charge in [0.2, 0.25) is 0 Å². The van der Waals surface area contributed by atoms with Gasteiger partial charge in [-0.25, -0.2) is 0 Å². The quantitative estimate of drug-likeness (QED) is 0.642. The molecule has 5 heteroatoms. The van der Waals surface area contributed by atoms with Crippen molar-refractivity contribution in [3.05, 3.63) is 53.6 Å². The van der Waals surface area contributed by atoms with Crippen LogP contribution < -0.4 is 0 Å². The van der Waals surface area contributed by atoms with Crippen LogP contribution in [0.4, 0.5) is 0 Å². The first-order valence-electron chi connectivity index (χ1n) is 10.4. The summed E-state index contributed by atoms with van der Waals surface area (Å²) >= 11 is 0. The molecule has 150 valence electrons. The third kappa shape index (κ3) is 3.51. The summed E-state index contributed by atoms with van der Waals surface area (Å²) in [7, 11) is 0. The molecule has 2 heterocycles. The summed E-state index contributed by atoms with van der Waals surface area (Å²) in [5.74, 6) is 0.510. The van der Waals surface area contributed by atoms with Crippen LogP contribution in [-0.2, 0) is 11.3 Å². The molecule has 5 nitrogen and oxygen atoms in total. The summed E-state index contributed by atoms with van der Waals surface area (Å²) in [4.78, 5) is 13.0. The zero-order chi connectivity index (χ0) is 20.0. The number of furan rings is 1. The standard InChI is InChI=1S/C24H25NO4/c26-21-9-15(12-25-13-19(14-25)24(27)28)5-7-20(21)23-11-18-10-17(6-8-22(18)29-23)16-3-1-2-4-16/h5-11,16,19,26H,1-4,12-14H2,(H,27,28). The normalized spacial score (nSPS) is 18.3. The number of aliphatic carboxylic acids is 1. The first-order valence-corrected chi connectivity index (χ1v) is 10.4. The summed E-state index contributed by atoms with van der Waals surface area (Å²) in [6.07, 6.45) is 5.16. The maximum Gasteiger partial charge on any atom is 0.309 e. The van der Waals surface area contributed by atoms with Crippen molar-refractivity contribution in [1.29, 1.82) is 0 Å². The van der Waals surface area contributed by atoms with E-state index in [1.165, 1.54) is 31.2 Å². The number of aromatic hydroxyl groups is 1. The van der Waals surface area contributed by atoms with E-state index < -0.39 is 5.97 Å². The number of likely N-dealkylation sites (tertiary alicyclic amines) is 1. The Kier molecular flexibility index (Phi) is 4.55. The molecule has 2 aliphatic rings. The van der Waals surface area contributed by atoms with Crippen LogP contribution in [-0.4, -0.2) is 34.2 Å². The summed E-state index contributed by atoms with van der Waals surface area (Å²) in [6, 6.07) is 14.1. The highest BCUT2D eigenvalue weighted by atomic mass is 16.4. The first kappa shape index (κ1) is 18.3. The fourth-order valence-electron chi connectivity index (χ4n) is 4.70. The number of rotatable bonds is 5. The monoisotopic (exact) mass is 391 g/mol. The van der Waals surface area contributed by atoms with Gasteiger partial charge >= 0.3 is 5.97 Å². The van der Waals surface area contributed by atoms with Gasteiger partial charge in [-0.3, -0.25) is 9.69 Å². The average Bonchev–Trinajstić information content (AvgIpc) is 3.32. The van der Waals surface area contributed by atoms with E-state index in [9.17, 15) is 9.90 Å². The largest absolute Gasteiger partial charge is 0.507 e. The Morgan fingerprint density at radius 3 is 2.59 bits per heavy atom. The fourth-order valence-corrected chi connectivity index (χ4v) is 4.70. The predicted molar refractivity (Wildman–Crippen MR) is 111 cm³/mol. The van der Waals surface area contributed by atoms with E-state index in [1.807, 2.05) is 24.3 Å². The fraction of sp³-hybridized carbons (Fsp3) is 0.375. The number of carboxylic acids is 1. The number of nitrogens with zero attached hydrogens (tertiary/aromatic N) is 1. The van der Waals surface area contributed by atoms with Crippen LogP contribution in [0.3, 0.4) is 0 Å². The molecule has 1 saturated carbocycles. The molecule has 2 aromatic carbocycles. The van der Waals surface area contributed by atoms with Gasteiger partial charge in [0.05, 0.1) is 11.5 Å². The van der Waals surface area contributed by atoms with Crippen molar-refractivity contribution in [3.8, 4) is 17.1 Å². The Labute approximate surface area is 169 Å². The zero-order valence-corrected chi connectivity index (χ0v) is 16.3. The van der Waals surface area contributed by atoms with Gasteiger partial charge in [0.15, 0.2) is 0 Å². The van der Waals surface area contributed by atoms with Crippen LogP contribution in [0.25, 0.3) is 22.3 Å². The minimum atomic E-state index is -0.736. The summed E-state index contributed by atoms with van der Waals surface area (Å²) in [5, 5.41) is 20.6. The molecule has 3 aromatic rings. The van der Waals surface area contributed by atoms with Gasteiger partial charge in [-0.1, -0.05) is 25.0 Å². The Bertz CT molecular complexity index is 1060. The predicted octanol–water partition coefficient (Wildman–Crippen LogP) is 4.98. The second-order valence-electron chi connectivity index (χ2n) is 8.47. The van der Waals surface area contributed by atoms with Crippen molar-refractivity contribution >= 4 is 16.9 Å². The van der Waals surface area contributed by atoms with E-state index in [1.54, 1.807) is 6.07 Å². The number of carbonyl (C=O) groups is 1.